The number of anilines is 2. The van der Waals surface area contributed by atoms with Gasteiger partial charge in [0.2, 0.25) is 11.9 Å². The van der Waals surface area contributed by atoms with Crippen LogP contribution in [0, 0.1) is 0 Å². The van der Waals surface area contributed by atoms with Gasteiger partial charge in [-0.3, -0.25) is 28.0 Å². The molecule has 2 aliphatic heterocycles. The van der Waals surface area contributed by atoms with Crippen LogP contribution in [0.2, 0.25) is 0 Å². The average Bonchev–Trinajstić information content (AvgIpc) is 3.59. The van der Waals surface area contributed by atoms with Crippen molar-refractivity contribution in [2.75, 3.05) is 31.8 Å². The first kappa shape index (κ1) is 27.3. The monoisotopic (exact) mass is 571 g/mol. The van der Waals surface area contributed by atoms with Crippen molar-refractivity contribution >= 4 is 30.9 Å². The van der Waals surface area contributed by atoms with Gasteiger partial charge in [0.25, 0.3) is 5.56 Å². The van der Waals surface area contributed by atoms with E-state index in [1.807, 2.05) is 0 Å². The van der Waals surface area contributed by atoms with Gasteiger partial charge in [-0.05, 0) is 0 Å². The Balaban J connectivity index is 1.24. The molecule has 20 heteroatoms. The number of methoxy groups -OCH3 is 1. The number of hydrogen-bond donors (Lipinski definition) is 5. The molecule has 5 rings (SSSR count). The lowest BCUT2D eigenvalue weighted by Crippen LogP contribution is -2.30. The van der Waals surface area contributed by atoms with Crippen LogP contribution in [0.4, 0.5) is 11.9 Å². The third kappa shape index (κ3) is 5.56. The van der Waals surface area contributed by atoms with Crippen molar-refractivity contribution in [1.82, 2.24) is 34.1 Å². The average molecular weight is 571 g/mol. The van der Waals surface area contributed by atoms with Crippen molar-refractivity contribution < 1.29 is 37.8 Å². The van der Waals surface area contributed by atoms with Crippen LogP contribution in [0.15, 0.2) is 22.2 Å². The van der Waals surface area contributed by atoms with E-state index >= 15 is 0 Å². The number of aromatic amines is 1. The van der Waals surface area contributed by atoms with Crippen LogP contribution in [0.5, 0.6) is 0 Å². The van der Waals surface area contributed by atoms with Gasteiger partial charge in [-0.25, -0.2) is 19.3 Å². The highest BCUT2D eigenvalue weighted by molar-refractivity contribution is 7.47. The summed E-state index contributed by atoms with van der Waals surface area (Å²) in [6, 6.07) is 0. The van der Waals surface area contributed by atoms with E-state index in [0.29, 0.717) is 0 Å². The Morgan fingerprint density at radius 2 is 1.79 bits per heavy atom. The highest BCUT2D eigenvalue weighted by Gasteiger charge is 2.43. The molecule has 3 aromatic rings. The molecule has 0 saturated carbocycles. The second kappa shape index (κ2) is 10.7. The first-order valence-corrected chi connectivity index (χ1v) is 13.1. The third-order valence-electron chi connectivity index (χ3n) is 6.33. The fourth-order valence-corrected chi connectivity index (χ4v) is 5.45. The molecule has 7 atom stereocenters. The topological polar surface area (TPSA) is 267 Å². The number of ether oxygens (including phenoxy) is 3. The molecule has 0 aliphatic carbocycles. The van der Waals surface area contributed by atoms with Gasteiger partial charge in [-0.1, -0.05) is 0 Å². The van der Waals surface area contributed by atoms with Crippen molar-refractivity contribution in [1.29, 1.82) is 0 Å². The van der Waals surface area contributed by atoms with Crippen LogP contribution in [-0.2, 0) is 27.8 Å². The molecule has 2 aliphatic rings. The molecule has 5 heterocycles. The maximum absolute atomic E-state index is 12.8. The number of nitrogens with one attached hydrogen (secondary N) is 1. The van der Waals surface area contributed by atoms with Gasteiger partial charge < -0.3 is 35.7 Å². The first-order valence-electron chi connectivity index (χ1n) is 11.6. The lowest BCUT2D eigenvalue weighted by atomic mass is 10.2. The fraction of sp³-hybridized carbons (Fsp3) is 0.579. The SMILES string of the molecule is CO[C@@H]1C[C@H](n2cnc3c(=O)[nH]c(N)nc32)O[C@@H]1COP(=O)(O)O[C@@H]1C[C@H](n2cnc(N)nc2=O)O[C@@H]1CO. The smallest absolute Gasteiger partial charge is 0.394 e. The number of fused-ring (bicyclic) bond motifs is 1. The molecule has 39 heavy (non-hydrogen) atoms. The normalized spacial score (nSPS) is 28.7. The van der Waals surface area contributed by atoms with E-state index in [9.17, 15) is 24.2 Å². The van der Waals surface area contributed by atoms with Gasteiger partial charge in [0.05, 0.1) is 25.6 Å². The quantitative estimate of drug-likeness (QED) is 0.174. The number of rotatable bonds is 9. The summed E-state index contributed by atoms with van der Waals surface area (Å²) in [6.07, 6.45) is -2.51. The number of nitrogens with two attached hydrogens (primary N) is 2. The van der Waals surface area contributed by atoms with Crippen molar-refractivity contribution in [3.63, 3.8) is 0 Å². The summed E-state index contributed by atoms with van der Waals surface area (Å²) in [5.74, 6) is -0.322. The number of nitrogen functional groups attached to an aromatic ring is 2. The maximum atomic E-state index is 12.8. The molecule has 0 spiro atoms. The van der Waals surface area contributed by atoms with E-state index in [4.69, 9.17) is 34.7 Å². The van der Waals surface area contributed by atoms with Crippen molar-refractivity contribution in [2.45, 2.75) is 49.7 Å². The Hall–Kier alpha value is -3.29. The number of phosphoric acid groups is 1. The minimum absolute atomic E-state index is 0.0676. The molecule has 0 amide bonds. The van der Waals surface area contributed by atoms with E-state index in [1.54, 1.807) is 0 Å². The molecule has 19 nitrogen and oxygen atoms in total. The summed E-state index contributed by atoms with van der Waals surface area (Å²) in [6.45, 7) is -0.969. The van der Waals surface area contributed by atoms with Crippen LogP contribution in [0.3, 0.4) is 0 Å². The summed E-state index contributed by atoms with van der Waals surface area (Å²) >= 11 is 0. The number of aliphatic hydroxyl groups is 1. The molecule has 3 aromatic heterocycles. The predicted octanol–water partition coefficient (Wildman–Crippen LogP) is -1.98. The summed E-state index contributed by atoms with van der Waals surface area (Å²) in [4.78, 5) is 52.3. The molecule has 212 valence electrons. The zero-order chi connectivity index (χ0) is 27.9. The Bertz CT molecular complexity index is 1510. The van der Waals surface area contributed by atoms with Crippen LogP contribution in [-0.4, -0.2) is 88.8 Å². The minimum atomic E-state index is -4.71. The van der Waals surface area contributed by atoms with Gasteiger partial charge in [0.1, 0.15) is 37.1 Å². The van der Waals surface area contributed by atoms with E-state index in [-0.39, 0.29) is 35.9 Å². The zero-order valence-electron chi connectivity index (χ0n) is 20.4. The highest BCUT2D eigenvalue weighted by Crippen LogP contribution is 2.49. The molecule has 1 unspecified atom stereocenters. The fourth-order valence-electron chi connectivity index (χ4n) is 4.49. The number of aromatic nitrogens is 7. The number of nitrogens with zero attached hydrogens (tertiary/aromatic N) is 6. The van der Waals surface area contributed by atoms with Gasteiger partial charge >= 0.3 is 13.5 Å². The van der Waals surface area contributed by atoms with Gasteiger partial charge in [-0.15, -0.1) is 0 Å². The first-order chi connectivity index (χ1) is 18.6. The van der Waals surface area contributed by atoms with Crippen molar-refractivity contribution in [3.8, 4) is 0 Å². The van der Waals surface area contributed by atoms with Crippen LogP contribution >= 0.6 is 7.82 Å². The van der Waals surface area contributed by atoms with Crippen LogP contribution in [0.1, 0.15) is 25.3 Å². The molecule has 7 N–H and O–H groups in total. The molecule has 0 bridgehead atoms. The Morgan fingerprint density at radius 3 is 2.51 bits per heavy atom. The Morgan fingerprint density at radius 1 is 1.10 bits per heavy atom. The van der Waals surface area contributed by atoms with Crippen molar-refractivity contribution in [2.24, 2.45) is 0 Å². The predicted molar refractivity (Wildman–Crippen MR) is 129 cm³/mol. The number of imidazole rings is 1. The second-order valence-corrected chi connectivity index (χ2v) is 10.2. The lowest BCUT2D eigenvalue weighted by molar-refractivity contribution is -0.0605. The number of hydrogen-bond acceptors (Lipinski definition) is 15. The van der Waals surface area contributed by atoms with Crippen molar-refractivity contribution in [3.05, 3.63) is 33.5 Å². The van der Waals surface area contributed by atoms with Crippen LogP contribution in [0.25, 0.3) is 11.2 Å². The molecule has 2 fully saturated rings. The molecular formula is C19H26N9O10P. The van der Waals surface area contributed by atoms with Gasteiger partial charge in [0.15, 0.2) is 11.2 Å². The van der Waals surface area contributed by atoms with E-state index in [2.05, 4.69) is 24.9 Å². The van der Waals surface area contributed by atoms with Gasteiger partial charge in [-0.2, -0.15) is 9.97 Å². The summed E-state index contributed by atoms with van der Waals surface area (Å²) in [5, 5.41) is 9.68. The summed E-state index contributed by atoms with van der Waals surface area (Å²) in [5.41, 5.74) is 10.1. The molecule has 0 aromatic carbocycles. The minimum Gasteiger partial charge on any atom is -0.394 e. The van der Waals surface area contributed by atoms with E-state index in [0.717, 1.165) is 10.9 Å². The zero-order valence-corrected chi connectivity index (χ0v) is 21.3. The van der Waals surface area contributed by atoms with E-state index in [1.165, 1.54) is 18.0 Å². The summed E-state index contributed by atoms with van der Waals surface area (Å²) in [7, 11) is -3.27. The second-order valence-electron chi connectivity index (χ2n) is 8.77. The highest BCUT2D eigenvalue weighted by atomic mass is 31.2. The number of phosphoric ester groups is 1. The molecule has 0 radical (unpaired) electrons. The standard InChI is InChI=1S/C19H26N9O10P/c1-34-8-2-12(27-6-22-14-15(27)24-18(21)25-16(14)30)37-11(8)5-35-39(32,33)38-9-3-13(36-10(9)4-29)28-7-23-17(20)26-19(28)31/h6-13,29H,2-5H2,1H3,(H,32,33)(H2,20,26,31)(H3,21,24,25,30)/t8-,9-,10-,11-,12-,13-/m1/s1. The number of H-pyrrole nitrogens is 1. The molecule has 2 saturated heterocycles. The number of aliphatic hydroxyl groups excluding tert-OH is 1. The maximum Gasteiger partial charge on any atom is 0.472 e. The van der Waals surface area contributed by atoms with Crippen LogP contribution < -0.4 is 22.7 Å². The third-order valence-corrected chi connectivity index (χ3v) is 7.34. The molecular weight excluding hydrogens is 545 g/mol. The Labute approximate surface area is 218 Å². The van der Waals surface area contributed by atoms with Gasteiger partial charge in [0, 0.05) is 20.0 Å². The van der Waals surface area contributed by atoms with E-state index < -0.39 is 69.2 Å². The lowest BCUT2D eigenvalue weighted by Gasteiger charge is -2.22. The summed E-state index contributed by atoms with van der Waals surface area (Å²) < 4.78 is 42.8. The Kier molecular flexibility index (Phi) is 7.49. The largest absolute Gasteiger partial charge is 0.472 e.